The third-order valence-electron chi connectivity index (χ3n) is 5.21. The van der Waals surface area contributed by atoms with Gasteiger partial charge in [-0.3, -0.25) is 14.6 Å². The van der Waals surface area contributed by atoms with Gasteiger partial charge < -0.3 is 16.0 Å². The van der Waals surface area contributed by atoms with Crippen molar-refractivity contribution in [2.24, 2.45) is 10.8 Å². The minimum absolute atomic E-state index is 0.186. The van der Waals surface area contributed by atoms with Gasteiger partial charge in [-0.2, -0.15) is 5.10 Å². The quantitative estimate of drug-likeness (QED) is 0.774. The predicted octanol–water partition coefficient (Wildman–Crippen LogP) is 1.42. The van der Waals surface area contributed by atoms with Gasteiger partial charge in [0.25, 0.3) is 5.91 Å². The molecule has 1 unspecified atom stereocenters. The van der Waals surface area contributed by atoms with E-state index < -0.39 is 11.9 Å². The maximum absolute atomic E-state index is 12.7. The fraction of sp³-hybridized carbons (Fsp3) is 0.333. The molecule has 1 saturated heterocycles. The zero-order chi connectivity index (χ0) is 20.2. The van der Waals surface area contributed by atoms with Crippen LogP contribution in [0.5, 0.6) is 0 Å². The molecule has 8 heteroatoms. The normalized spacial score (nSPS) is 18.6. The maximum Gasteiger partial charge on any atom is 0.267 e. The number of hydrogen-bond donors (Lipinski definition) is 2. The van der Waals surface area contributed by atoms with E-state index in [1.54, 1.807) is 6.20 Å². The Kier molecular flexibility index (Phi) is 5.41. The van der Waals surface area contributed by atoms with E-state index in [0.29, 0.717) is 12.3 Å². The van der Waals surface area contributed by atoms with Crippen LogP contribution in [0.1, 0.15) is 24.8 Å². The lowest BCUT2D eigenvalue weighted by Crippen LogP contribution is -2.39. The molecule has 2 amide bonds. The first-order chi connectivity index (χ1) is 14.1. The second-order valence-electron chi connectivity index (χ2n) is 7.25. The number of pyridine rings is 1. The van der Waals surface area contributed by atoms with Crippen LogP contribution in [0.2, 0.25) is 0 Å². The lowest BCUT2D eigenvalue weighted by molar-refractivity contribution is -0.119. The molecule has 1 aromatic carbocycles. The molecule has 2 aliphatic heterocycles. The molecule has 2 aliphatic rings. The van der Waals surface area contributed by atoms with E-state index in [1.165, 1.54) is 17.9 Å². The molecular formula is C21H24N6O2. The van der Waals surface area contributed by atoms with Gasteiger partial charge in [0.15, 0.2) is 0 Å². The number of anilines is 2. The number of primary amides is 1. The van der Waals surface area contributed by atoms with Crippen molar-refractivity contribution < 1.29 is 9.59 Å². The molecule has 3 heterocycles. The summed E-state index contributed by atoms with van der Waals surface area (Å²) in [4.78, 5) is 31.2. The highest BCUT2D eigenvalue weighted by Gasteiger charge is 2.34. The first-order valence-electron chi connectivity index (χ1n) is 9.81. The summed E-state index contributed by atoms with van der Waals surface area (Å²) >= 11 is 0. The number of carbonyl (C=O) groups is 2. The largest absolute Gasteiger partial charge is 0.368 e. The summed E-state index contributed by atoms with van der Waals surface area (Å²) in [6, 6.07) is 12.5. The first kappa shape index (κ1) is 18.9. The van der Waals surface area contributed by atoms with E-state index in [2.05, 4.69) is 20.3 Å². The lowest BCUT2D eigenvalue weighted by atomic mass is 10.1. The number of hydrazone groups is 1. The molecule has 150 valence electrons. The molecule has 1 fully saturated rings. The van der Waals surface area contributed by atoms with E-state index in [9.17, 15) is 9.59 Å². The molecule has 29 heavy (non-hydrogen) atoms. The molecule has 1 atom stereocenters. The number of rotatable bonds is 6. The average molecular weight is 392 g/mol. The topological polar surface area (TPSA) is 104 Å². The van der Waals surface area contributed by atoms with E-state index >= 15 is 0 Å². The van der Waals surface area contributed by atoms with Crippen LogP contribution in [0.25, 0.3) is 0 Å². The molecule has 0 spiro atoms. The highest BCUT2D eigenvalue weighted by Crippen LogP contribution is 2.24. The monoisotopic (exact) mass is 392 g/mol. The van der Waals surface area contributed by atoms with Crippen molar-refractivity contribution >= 4 is 29.0 Å². The van der Waals surface area contributed by atoms with Gasteiger partial charge >= 0.3 is 0 Å². The third kappa shape index (κ3) is 4.21. The summed E-state index contributed by atoms with van der Waals surface area (Å²) < 4.78 is 0. The van der Waals surface area contributed by atoms with Crippen molar-refractivity contribution in [3.05, 3.63) is 54.2 Å². The molecule has 0 bridgehead atoms. The Labute approximate surface area is 169 Å². The number of benzene rings is 1. The number of aromatic nitrogens is 1. The van der Waals surface area contributed by atoms with Crippen molar-refractivity contribution in [2.75, 3.05) is 23.0 Å². The molecule has 0 radical (unpaired) electrons. The molecular weight excluding hydrogens is 368 g/mol. The van der Waals surface area contributed by atoms with Crippen molar-refractivity contribution in [1.82, 2.24) is 10.3 Å². The highest BCUT2D eigenvalue weighted by atomic mass is 16.2. The summed E-state index contributed by atoms with van der Waals surface area (Å²) in [5.74, 6) is 0.135. The van der Waals surface area contributed by atoms with Crippen LogP contribution in [0, 0.1) is 0 Å². The van der Waals surface area contributed by atoms with E-state index in [0.717, 1.165) is 30.2 Å². The van der Waals surface area contributed by atoms with Gasteiger partial charge in [0.05, 0.1) is 5.69 Å². The fourth-order valence-corrected chi connectivity index (χ4v) is 3.66. The van der Waals surface area contributed by atoms with Crippen molar-refractivity contribution in [2.45, 2.75) is 31.8 Å². The summed E-state index contributed by atoms with van der Waals surface area (Å²) in [7, 11) is 0. The fourth-order valence-electron chi connectivity index (χ4n) is 3.66. The van der Waals surface area contributed by atoms with Gasteiger partial charge in [-0.15, -0.1) is 0 Å². The minimum Gasteiger partial charge on any atom is -0.368 e. The smallest absolute Gasteiger partial charge is 0.267 e. The Morgan fingerprint density at radius 2 is 1.90 bits per heavy atom. The Morgan fingerprint density at radius 1 is 1.14 bits per heavy atom. The number of nitrogens with zero attached hydrogens (tertiary/aromatic N) is 4. The van der Waals surface area contributed by atoms with Gasteiger partial charge in [0.1, 0.15) is 17.6 Å². The van der Waals surface area contributed by atoms with E-state index in [4.69, 9.17) is 5.73 Å². The number of para-hydroxylation sites is 1. The molecule has 4 rings (SSSR count). The van der Waals surface area contributed by atoms with E-state index in [-0.39, 0.29) is 12.3 Å². The van der Waals surface area contributed by atoms with Crippen LogP contribution in [0.4, 0.5) is 11.5 Å². The number of carbonyl (C=O) groups excluding carboxylic acids is 2. The Hall–Kier alpha value is -3.42. The maximum atomic E-state index is 12.7. The van der Waals surface area contributed by atoms with Crippen molar-refractivity contribution in [3.63, 3.8) is 0 Å². The van der Waals surface area contributed by atoms with Crippen LogP contribution in [0.3, 0.4) is 0 Å². The van der Waals surface area contributed by atoms with Gasteiger partial charge in [0, 0.05) is 32.3 Å². The molecule has 8 nitrogen and oxygen atoms in total. The minimum atomic E-state index is -0.666. The van der Waals surface area contributed by atoms with Gasteiger partial charge in [-0.25, -0.2) is 4.98 Å². The molecule has 0 saturated carbocycles. The zero-order valence-electron chi connectivity index (χ0n) is 16.1. The zero-order valence-corrected chi connectivity index (χ0v) is 16.1. The Balaban J connectivity index is 1.43. The van der Waals surface area contributed by atoms with Gasteiger partial charge in [-0.05, 0) is 42.7 Å². The second-order valence-corrected chi connectivity index (χ2v) is 7.25. The Bertz CT molecular complexity index is 924. The lowest BCUT2D eigenvalue weighted by Gasteiger charge is -2.20. The number of nitrogens with two attached hydrogens (primary N) is 1. The number of hydrogen-bond acceptors (Lipinski definition) is 6. The van der Waals surface area contributed by atoms with E-state index in [1.807, 2.05) is 42.5 Å². The summed E-state index contributed by atoms with van der Waals surface area (Å²) in [6.07, 6.45) is 4.32. The number of amides is 2. The SMILES string of the molecule is NC(=O)C1CC(C(=O)NCc2ccnc(N3CCCC3)c2)=NN1c1ccccc1. The molecule has 3 N–H and O–H groups in total. The standard InChI is InChI=1S/C21H24N6O2/c22-20(28)18-13-17(25-27(18)16-6-2-1-3-7-16)21(29)24-14-15-8-9-23-19(12-15)26-10-4-5-11-26/h1-3,6-9,12,18H,4-5,10-11,13-14H2,(H2,22,28)(H,24,29). The second kappa shape index (κ2) is 8.30. The van der Waals surface area contributed by atoms with Crippen molar-refractivity contribution in [3.8, 4) is 0 Å². The third-order valence-corrected chi connectivity index (χ3v) is 5.21. The van der Waals surface area contributed by atoms with Crippen LogP contribution in [-0.4, -0.2) is 41.6 Å². The molecule has 1 aromatic heterocycles. The van der Waals surface area contributed by atoms with Crippen LogP contribution < -0.4 is 21.0 Å². The Morgan fingerprint density at radius 3 is 2.62 bits per heavy atom. The van der Waals surface area contributed by atoms with Crippen molar-refractivity contribution in [1.29, 1.82) is 0 Å². The van der Waals surface area contributed by atoms with Crippen LogP contribution in [0.15, 0.2) is 53.8 Å². The van der Waals surface area contributed by atoms with Crippen LogP contribution in [-0.2, 0) is 16.1 Å². The summed E-state index contributed by atoms with van der Waals surface area (Å²) in [6.45, 7) is 2.40. The number of nitrogens with one attached hydrogen (secondary N) is 1. The van der Waals surface area contributed by atoms with Gasteiger partial charge in [0.2, 0.25) is 5.91 Å². The molecule has 2 aromatic rings. The predicted molar refractivity (Wildman–Crippen MR) is 111 cm³/mol. The van der Waals surface area contributed by atoms with Gasteiger partial charge in [-0.1, -0.05) is 18.2 Å². The first-order valence-corrected chi connectivity index (χ1v) is 9.81. The highest BCUT2D eigenvalue weighted by molar-refractivity contribution is 6.40. The molecule has 0 aliphatic carbocycles. The van der Waals surface area contributed by atoms with Crippen LogP contribution >= 0.6 is 0 Å². The average Bonchev–Trinajstić information content (AvgIpc) is 3.43. The summed E-state index contributed by atoms with van der Waals surface area (Å²) in [5.41, 5.74) is 7.53. The summed E-state index contributed by atoms with van der Waals surface area (Å²) in [5, 5.41) is 8.79.